The van der Waals surface area contributed by atoms with E-state index < -0.39 is 21.6 Å². The molecule has 4 rings (SSSR count). The first-order valence-corrected chi connectivity index (χ1v) is 11.9. The second-order valence-electron chi connectivity index (χ2n) is 7.61. The van der Waals surface area contributed by atoms with E-state index in [0.29, 0.717) is 6.54 Å². The molecule has 1 N–H and O–H groups in total. The molecular weight excluding hydrogens is 451 g/mol. The highest BCUT2D eigenvalue weighted by atomic mass is 32.2. The minimum absolute atomic E-state index is 0.00140. The van der Waals surface area contributed by atoms with E-state index in [4.69, 9.17) is 4.42 Å². The fraction of sp³-hybridized carbons (Fsp3) is 0.273. The third-order valence-electron chi connectivity index (χ3n) is 5.22. The normalized spacial score (nSPS) is 16.2. The van der Waals surface area contributed by atoms with Crippen molar-refractivity contribution in [3.05, 3.63) is 66.3 Å². The fourth-order valence-electron chi connectivity index (χ4n) is 3.54. The van der Waals surface area contributed by atoms with Crippen LogP contribution in [0.4, 0.5) is 16.1 Å². The summed E-state index contributed by atoms with van der Waals surface area (Å²) in [5.41, 5.74) is 0.786. The lowest BCUT2D eigenvalue weighted by molar-refractivity contribution is -0.117. The summed E-state index contributed by atoms with van der Waals surface area (Å²) in [6.45, 7) is 0.389. The lowest BCUT2D eigenvalue weighted by Crippen LogP contribution is -2.24. The van der Waals surface area contributed by atoms with Crippen molar-refractivity contribution in [2.75, 3.05) is 22.5 Å². The van der Waals surface area contributed by atoms with Gasteiger partial charge in [-0.1, -0.05) is 23.3 Å². The van der Waals surface area contributed by atoms with E-state index >= 15 is 0 Å². The number of rotatable bonds is 8. The monoisotopic (exact) mass is 472 g/mol. The molecule has 1 unspecified atom stereocenters. The number of benzene rings is 2. The van der Waals surface area contributed by atoms with Crippen LogP contribution in [-0.2, 0) is 19.4 Å². The van der Waals surface area contributed by atoms with Crippen molar-refractivity contribution in [3.8, 4) is 0 Å². The summed E-state index contributed by atoms with van der Waals surface area (Å²) in [5, 5.41) is 10.2. The molecule has 0 aliphatic carbocycles. The number of carbonyl (C=O) groups excluding carboxylic acids is 2. The van der Waals surface area contributed by atoms with Gasteiger partial charge in [0.15, 0.2) is 9.84 Å². The maximum Gasteiger partial charge on any atom is 0.322 e. The van der Waals surface area contributed by atoms with Crippen LogP contribution >= 0.6 is 0 Å². The minimum Gasteiger partial charge on any atom is -0.407 e. The van der Waals surface area contributed by atoms with Gasteiger partial charge in [-0.3, -0.25) is 14.9 Å². The lowest BCUT2D eigenvalue weighted by Gasteiger charge is -2.15. The summed E-state index contributed by atoms with van der Waals surface area (Å²) in [7, 11) is -3.62. The van der Waals surface area contributed by atoms with Gasteiger partial charge < -0.3 is 9.32 Å². The molecular formula is C22H21FN4O5S. The Bertz CT molecular complexity index is 1250. The van der Waals surface area contributed by atoms with Crippen LogP contribution in [0.5, 0.6) is 0 Å². The van der Waals surface area contributed by atoms with Gasteiger partial charge in [-0.25, -0.2) is 12.8 Å². The van der Waals surface area contributed by atoms with Gasteiger partial charge in [0.1, 0.15) is 5.82 Å². The van der Waals surface area contributed by atoms with Crippen molar-refractivity contribution in [2.45, 2.75) is 30.1 Å². The van der Waals surface area contributed by atoms with Crippen LogP contribution in [0.25, 0.3) is 0 Å². The molecule has 172 valence electrons. The van der Waals surface area contributed by atoms with Crippen molar-refractivity contribution in [1.82, 2.24) is 10.2 Å². The molecule has 33 heavy (non-hydrogen) atoms. The number of hydrogen-bond acceptors (Lipinski definition) is 7. The number of nitrogens with zero attached hydrogens (tertiary/aromatic N) is 3. The van der Waals surface area contributed by atoms with Crippen LogP contribution < -0.4 is 10.2 Å². The molecule has 0 saturated carbocycles. The van der Waals surface area contributed by atoms with E-state index in [9.17, 15) is 22.4 Å². The Balaban J connectivity index is 1.28. The molecule has 2 amide bonds. The Morgan fingerprint density at radius 2 is 1.85 bits per heavy atom. The number of carbonyl (C=O) groups is 2. The molecule has 1 aromatic heterocycles. The number of sulfone groups is 1. The number of nitrogens with one attached hydrogen (secondary N) is 1. The fourth-order valence-corrected chi connectivity index (χ4v) is 4.86. The van der Waals surface area contributed by atoms with Gasteiger partial charge in [0.25, 0.3) is 0 Å². The van der Waals surface area contributed by atoms with Crippen molar-refractivity contribution < 1.29 is 26.8 Å². The van der Waals surface area contributed by atoms with Gasteiger partial charge in [-0.15, -0.1) is 5.10 Å². The Morgan fingerprint density at radius 1 is 1.12 bits per heavy atom. The molecule has 1 aliphatic heterocycles. The average Bonchev–Trinajstić information content (AvgIpc) is 3.41. The lowest BCUT2D eigenvalue weighted by atomic mass is 10.1. The van der Waals surface area contributed by atoms with Crippen molar-refractivity contribution in [2.24, 2.45) is 0 Å². The predicted octanol–water partition coefficient (Wildman–Crippen LogP) is 2.92. The predicted molar refractivity (Wildman–Crippen MR) is 117 cm³/mol. The Kier molecular flexibility index (Phi) is 6.50. The first kappa shape index (κ1) is 22.6. The topological polar surface area (TPSA) is 122 Å². The van der Waals surface area contributed by atoms with Crippen LogP contribution in [-0.4, -0.2) is 42.7 Å². The first-order chi connectivity index (χ1) is 15.8. The molecule has 2 aromatic carbocycles. The van der Waals surface area contributed by atoms with Crippen LogP contribution in [0.2, 0.25) is 0 Å². The summed E-state index contributed by atoms with van der Waals surface area (Å²) in [4.78, 5) is 26.2. The molecule has 9 nitrogen and oxygen atoms in total. The van der Waals surface area contributed by atoms with E-state index in [1.54, 1.807) is 4.90 Å². The number of halogens is 1. The zero-order chi connectivity index (χ0) is 23.4. The van der Waals surface area contributed by atoms with Gasteiger partial charge in [-0.05, 0) is 42.8 Å². The van der Waals surface area contributed by atoms with Gasteiger partial charge >= 0.3 is 6.01 Å². The molecule has 1 atom stereocenters. The van der Waals surface area contributed by atoms with Crippen LogP contribution in [0.3, 0.4) is 0 Å². The van der Waals surface area contributed by atoms with Gasteiger partial charge in [0.2, 0.25) is 17.7 Å². The summed E-state index contributed by atoms with van der Waals surface area (Å²) in [6, 6.07) is 13.7. The zero-order valence-electron chi connectivity index (χ0n) is 17.5. The highest BCUT2D eigenvalue weighted by molar-refractivity contribution is 7.91. The average molecular weight is 472 g/mol. The smallest absolute Gasteiger partial charge is 0.322 e. The van der Waals surface area contributed by atoms with E-state index in [2.05, 4.69) is 15.5 Å². The Hall–Kier alpha value is -3.60. The largest absolute Gasteiger partial charge is 0.407 e. The summed E-state index contributed by atoms with van der Waals surface area (Å²) < 4.78 is 43.0. The van der Waals surface area contributed by atoms with E-state index in [0.717, 1.165) is 17.8 Å². The van der Waals surface area contributed by atoms with Crippen LogP contribution in [0, 0.1) is 5.82 Å². The molecule has 0 bridgehead atoms. The molecule has 3 aromatic rings. The number of hydrogen-bond donors (Lipinski definition) is 1. The van der Waals surface area contributed by atoms with Gasteiger partial charge in [-0.2, -0.15) is 0 Å². The van der Waals surface area contributed by atoms with Crippen LogP contribution in [0.15, 0.2) is 63.9 Å². The minimum atomic E-state index is -3.62. The number of amides is 2. The maximum absolute atomic E-state index is 13.0. The second-order valence-corrected chi connectivity index (χ2v) is 9.72. The summed E-state index contributed by atoms with van der Waals surface area (Å²) in [6.07, 6.45) is 0.198. The van der Waals surface area contributed by atoms with E-state index in [1.165, 1.54) is 12.1 Å². The maximum atomic E-state index is 13.0. The summed E-state index contributed by atoms with van der Waals surface area (Å²) in [5.74, 6) is -1.37. The van der Waals surface area contributed by atoms with Crippen molar-refractivity contribution in [1.29, 1.82) is 0 Å². The van der Waals surface area contributed by atoms with Crippen molar-refractivity contribution >= 4 is 33.4 Å². The molecule has 1 saturated heterocycles. The molecule has 0 spiro atoms. The second kappa shape index (κ2) is 9.49. The van der Waals surface area contributed by atoms with E-state index in [1.807, 2.05) is 30.3 Å². The zero-order valence-corrected chi connectivity index (χ0v) is 18.3. The molecule has 0 radical (unpaired) electrons. The third-order valence-corrected chi connectivity index (χ3v) is 7.04. The number of para-hydroxylation sites is 1. The quantitative estimate of drug-likeness (QED) is 0.500. The Labute approximate surface area is 189 Å². The molecule has 11 heteroatoms. The molecule has 2 heterocycles. The number of aromatic nitrogens is 2. The highest BCUT2D eigenvalue weighted by Gasteiger charge is 2.35. The summed E-state index contributed by atoms with van der Waals surface area (Å²) >= 11 is 0. The van der Waals surface area contributed by atoms with E-state index in [-0.39, 0.29) is 53.6 Å². The SMILES string of the molecule is O=C(CCCS(=O)(=O)c1ccc(F)cc1)Nc1nnc(C2CC(=O)N(c3ccccc3)C2)o1. The molecule has 1 aliphatic rings. The van der Waals surface area contributed by atoms with Gasteiger partial charge in [0.05, 0.1) is 16.6 Å². The Morgan fingerprint density at radius 3 is 2.58 bits per heavy atom. The van der Waals surface area contributed by atoms with Gasteiger partial charge in [0, 0.05) is 25.1 Å². The van der Waals surface area contributed by atoms with Crippen LogP contribution in [0.1, 0.15) is 31.1 Å². The third kappa shape index (κ3) is 5.43. The number of anilines is 2. The van der Waals surface area contributed by atoms with Crippen molar-refractivity contribution in [3.63, 3.8) is 0 Å². The standard InChI is InChI=1S/C22H21FN4O5S/c23-16-8-10-18(11-9-16)33(30,31)12-4-7-19(28)24-22-26-25-21(32-22)15-13-20(29)27(14-15)17-5-2-1-3-6-17/h1-3,5-6,8-11,15H,4,7,12-14H2,(H,24,26,28). The molecule has 1 fully saturated rings. The first-order valence-electron chi connectivity index (χ1n) is 10.3. The highest BCUT2D eigenvalue weighted by Crippen LogP contribution is 2.31.